The Balaban J connectivity index is 1.74. The standard InChI is InChI=1S/C14H22N2O/c1-13(2)10-4-6-14(3,8-10)12(13)15-9-11-5-7-16-17-11/h5,7,10,12,15H,4,6,8-9H2,1-3H3. The molecule has 0 saturated heterocycles. The van der Waals surface area contributed by atoms with Crippen molar-refractivity contribution >= 4 is 0 Å². The lowest BCUT2D eigenvalue weighted by atomic mass is 9.68. The van der Waals surface area contributed by atoms with Gasteiger partial charge < -0.3 is 9.84 Å². The third kappa shape index (κ3) is 1.63. The summed E-state index contributed by atoms with van der Waals surface area (Å²) in [5, 5.41) is 7.47. The fourth-order valence-electron chi connectivity index (χ4n) is 4.35. The van der Waals surface area contributed by atoms with Gasteiger partial charge in [0.25, 0.3) is 0 Å². The molecule has 2 saturated carbocycles. The monoisotopic (exact) mass is 234 g/mol. The topological polar surface area (TPSA) is 38.1 Å². The number of fused-ring (bicyclic) bond motifs is 2. The van der Waals surface area contributed by atoms with E-state index in [9.17, 15) is 0 Å². The lowest BCUT2D eigenvalue weighted by molar-refractivity contribution is 0.105. The van der Waals surface area contributed by atoms with Crippen molar-refractivity contribution < 1.29 is 4.52 Å². The van der Waals surface area contributed by atoms with Crippen molar-refractivity contribution in [3.63, 3.8) is 0 Å². The first-order chi connectivity index (χ1) is 8.02. The van der Waals surface area contributed by atoms with E-state index in [1.54, 1.807) is 6.20 Å². The molecule has 3 unspecified atom stereocenters. The zero-order valence-corrected chi connectivity index (χ0v) is 11.0. The first kappa shape index (κ1) is 11.3. The molecule has 3 rings (SSSR count). The van der Waals surface area contributed by atoms with Crippen LogP contribution in [0.25, 0.3) is 0 Å². The predicted octanol–water partition coefficient (Wildman–Crippen LogP) is 2.98. The normalized spacial score (nSPS) is 38.8. The van der Waals surface area contributed by atoms with Crippen LogP contribution >= 0.6 is 0 Å². The molecule has 2 bridgehead atoms. The highest BCUT2D eigenvalue weighted by Crippen LogP contribution is 2.62. The highest BCUT2D eigenvalue weighted by molar-refractivity contribution is 5.12. The summed E-state index contributed by atoms with van der Waals surface area (Å²) < 4.78 is 5.16. The van der Waals surface area contributed by atoms with Crippen LogP contribution in [0.2, 0.25) is 0 Å². The average Bonchev–Trinajstić information content (AvgIpc) is 2.90. The fourth-order valence-corrected chi connectivity index (χ4v) is 4.35. The third-order valence-electron chi connectivity index (χ3n) is 5.24. The van der Waals surface area contributed by atoms with Crippen LogP contribution in [0.5, 0.6) is 0 Å². The lowest BCUT2D eigenvalue weighted by Crippen LogP contribution is -2.49. The number of hydrogen-bond acceptors (Lipinski definition) is 3. The Bertz CT molecular complexity index is 394. The molecule has 0 radical (unpaired) electrons. The molecule has 94 valence electrons. The second kappa shape index (κ2) is 3.58. The van der Waals surface area contributed by atoms with E-state index in [2.05, 4.69) is 31.2 Å². The highest BCUT2D eigenvalue weighted by atomic mass is 16.5. The minimum Gasteiger partial charge on any atom is -0.360 e. The molecule has 3 nitrogen and oxygen atoms in total. The van der Waals surface area contributed by atoms with Gasteiger partial charge in [0.1, 0.15) is 5.76 Å². The molecule has 0 spiro atoms. The van der Waals surface area contributed by atoms with Crippen LogP contribution in [0.1, 0.15) is 45.8 Å². The Hall–Kier alpha value is -0.830. The smallest absolute Gasteiger partial charge is 0.150 e. The van der Waals surface area contributed by atoms with Gasteiger partial charge in [-0.15, -0.1) is 0 Å². The van der Waals surface area contributed by atoms with Gasteiger partial charge in [-0.3, -0.25) is 0 Å². The molecule has 1 N–H and O–H groups in total. The summed E-state index contributed by atoms with van der Waals surface area (Å²) in [6, 6.07) is 2.54. The maximum absolute atomic E-state index is 5.16. The number of nitrogens with one attached hydrogen (secondary N) is 1. The van der Waals surface area contributed by atoms with Crippen LogP contribution in [0.3, 0.4) is 0 Å². The van der Waals surface area contributed by atoms with Crippen molar-refractivity contribution in [1.82, 2.24) is 10.5 Å². The van der Waals surface area contributed by atoms with Gasteiger partial charge in [0.05, 0.1) is 12.7 Å². The summed E-state index contributed by atoms with van der Waals surface area (Å²) in [5.74, 6) is 1.83. The molecular formula is C14H22N2O. The Morgan fingerprint density at radius 3 is 2.88 bits per heavy atom. The molecule has 2 fully saturated rings. The zero-order chi connectivity index (χ0) is 12.1. The van der Waals surface area contributed by atoms with Gasteiger partial charge in [0.2, 0.25) is 0 Å². The molecule has 3 heteroatoms. The van der Waals surface area contributed by atoms with Crippen molar-refractivity contribution in [3.05, 3.63) is 18.0 Å². The van der Waals surface area contributed by atoms with Crippen LogP contribution in [0.4, 0.5) is 0 Å². The first-order valence-corrected chi connectivity index (χ1v) is 6.65. The van der Waals surface area contributed by atoms with Crippen molar-refractivity contribution in [1.29, 1.82) is 0 Å². The second-order valence-electron chi connectivity index (χ2n) is 6.71. The van der Waals surface area contributed by atoms with Gasteiger partial charge in [0, 0.05) is 12.1 Å². The SMILES string of the molecule is CC12CCC(C1)C(C)(C)C2NCc1ccno1. The Morgan fingerprint density at radius 1 is 1.47 bits per heavy atom. The van der Waals surface area contributed by atoms with Gasteiger partial charge in [-0.2, -0.15) is 0 Å². The maximum Gasteiger partial charge on any atom is 0.150 e. The molecular weight excluding hydrogens is 212 g/mol. The van der Waals surface area contributed by atoms with Crippen molar-refractivity contribution in [3.8, 4) is 0 Å². The summed E-state index contributed by atoms with van der Waals surface area (Å²) in [7, 11) is 0. The van der Waals surface area contributed by atoms with Gasteiger partial charge in [-0.1, -0.05) is 25.9 Å². The van der Waals surface area contributed by atoms with Crippen molar-refractivity contribution in [2.24, 2.45) is 16.7 Å². The van der Waals surface area contributed by atoms with Crippen LogP contribution in [-0.2, 0) is 6.54 Å². The van der Waals surface area contributed by atoms with Crippen molar-refractivity contribution in [2.45, 2.75) is 52.6 Å². The Labute approximate surface area is 103 Å². The second-order valence-corrected chi connectivity index (χ2v) is 6.71. The van der Waals surface area contributed by atoms with Crippen LogP contribution in [-0.4, -0.2) is 11.2 Å². The number of hydrogen-bond donors (Lipinski definition) is 1. The molecule has 0 amide bonds. The quantitative estimate of drug-likeness (QED) is 0.873. The number of aromatic nitrogens is 1. The van der Waals surface area contributed by atoms with E-state index >= 15 is 0 Å². The average molecular weight is 234 g/mol. The van der Waals surface area contributed by atoms with Crippen LogP contribution in [0, 0.1) is 16.7 Å². The van der Waals surface area contributed by atoms with Gasteiger partial charge in [-0.25, -0.2) is 0 Å². The van der Waals surface area contributed by atoms with E-state index in [4.69, 9.17) is 4.52 Å². The summed E-state index contributed by atoms with van der Waals surface area (Å²) in [5.41, 5.74) is 0.890. The molecule has 0 aliphatic heterocycles. The maximum atomic E-state index is 5.16. The molecule has 17 heavy (non-hydrogen) atoms. The number of nitrogens with zero attached hydrogens (tertiary/aromatic N) is 1. The predicted molar refractivity (Wildman–Crippen MR) is 66.4 cm³/mol. The Morgan fingerprint density at radius 2 is 2.29 bits per heavy atom. The van der Waals surface area contributed by atoms with E-state index in [0.717, 1.165) is 18.2 Å². The molecule has 0 aromatic carbocycles. The van der Waals surface area contributed by atoms with Gasteiger partial charge >= 0.3 is 0 Å². The van der Waals surface area contributed by atoms with E-state index in [1.165, 1.54) is 19.3 Å². The van der Waals surface area contributed by atoms with Crippen molar-refractivity contribution in [2.75, 3.05) is 0 Å². The van der Waals surface area contributed by atoms with Gasteiger partial charge in [-0.05, 0) is 36.0 Å². The van der Waals surface area contributed by atoms with E-state index in [0.29, 0.717) is 16.9 Å². The fraction of sp³-hybridized carbons (Fsp3) is 0.786. The third-order valence-corrected chi connectivity index (χ3v) is 5.24. The first-order valence-electron chi connectivity index (χ1n) is 6.65. The summed E-state index contributed by atoms with van der Waals surface area (Å²) in [6.45, 7) is 8.08. The molecule has 1 heterocycles. The van der Waals surface area contributed by atoms with Gasteiger partial charge in [0.15, 0.2) is 0 Å². The highest BCUT2D eigenvalue weighted by Gasteiger charge is 2.58. The molecule has 1 aromatic rings. The van der Waals surface area contributed by atoms with E-state index < -0.39 is 0 Å². The lowest BCUT2D eigenvalue weighted by Gasteiger charge is -2.43. The molecule has 3 atom stereocenters. The van der Waals surface area contributed by atoms with Crippen LogP contribution < -0.4 is 5.32 Å². The largest absolute Gasteiger partial charge is 0.360 e. The minimum atomic E-state index is 0.410. The summed E-state index contributed by atoms with van der Waals surface area (Å²) >= 11 is 0. The van der Waals surface area contributed by atoms with Crippen LogP contribution in [0.15, 0.2) is 16.8 Å². The molecule has 1 aromatic heterocycles. The Kier molecular flexibility index (Phi) is 2.37. The zero-order valence-electron chi connectivity index (χ0n) is 11.0. The summed E-state index contributed by atoms with van der Waals surface area (Å²) in [4.78, 5) is 0. The minimum absolute atomic E-state index is 0.410. The van der Waals surface area contributed by atoms with E-state index in [1.807, 2.05) is 6.07 Å². The molecule has 2 aliphatic carbocycles. The van der Waals surface area contributed by atoms with E-state index in [-0.39, 0.29) is 0 Å². The molecule has 2 aliphatic rings. The number of rotatable bonds is 3. The summed E-state index contributed by atoms with van der Waals surface area (Å²) in [6.07, 6.45) is 5.87.